The SMILES string of the molecule is C=C1CC2CC3(CCC2(C)C2CCCC(I)CC12)CC1CCCCC1C3N. The van der Waals surface area contributed by atoms with Gasteiger partial charge in [0.05, 0.1) is 0 Å². The third kappa shape index (κ3) is 3.01. The lowest BCUT2D eigenvalue weighted by atomic mass is 9.46. The van der Waals surface area contributed by atoms with Gasteiger partial charge in [-0.25, -0.2) is 0 Å². The fourth-order valence-electron chi connectivity index (χ4n) is 8.93. The van der Waals surface area contributed by atoms with Crippen LogP contribution < -0.4 is 5.73 Å². The number of halogens is 1. The molecule has 2 heteroatoms. The van der Waals surface area contributed by atoms with E-state index in [4.69, 9.17) is 5.73 Å². The van der Waals surface area contributed by atoms with E-state index in [9.17, 15) is 0 Å². The molecule has 0 aliphatic heterocycles. The molecule has 5 fully saturated rings. The van der Waals surface area contributed by atoms with Gasteiger partial charge in [-0.2, -0.15) is 0 Å². The van der Waals surface area contributed by atoms with Gasteiger partial charge in [-0.1, -0.05) is 67.3 Å². The van der Waals surface area contributed by atoms with Crippen LogP contribution in [0, 0.1) is 40.4 Å². The molecule has 0 saturated heterocycles. The summed E-state index contributed by atoms with van der Waals surface area (Å²) in [5, 5.41) is 0. The Morgan fingerprint density at radius 1 is 1.04 bits per heavy atom. The smallest absolute Gasteiger partial charge is 0.0127 e. The van der Waals surface area contributed by atoms with Gasteiger partial charge >= 0.3 is 0 Å². The van der Waals surface area contributed by atoms with Crippen LogP contribution in [0.5, 0.6) is 0 Å². The Morgan fingerprint density at radius 2 is 1.85 bits per heavy atom. The van der Waals surface area contributed by atoms with Gasteiger partial charge in [-0.15, -0.1) is 0 Å². The summed E-state index contributed by atoms with van der Waals surface area (Å²) in [5.41, 5.74) is 9.71. The summed E-state index contributed by atoms with van der Waals surface area (Å²) in [6, 6.07) is 0.492. The Kier molecular flexibility index (Phi) is 5.03. The average molecular weight is 482 g/mol. The second-order valence-corrected chi connectivity index (χ2v) is 13.3. The molecule has 0 aromatic rings. The van der Waals surface area contributed by atoms with E-state index < -0.39 is 0 Å². The van der Waals surface area contributed by atoms with Crippen molar-refractivity contribution in [2.24, 2.45) is 46.2 Å². The van der Waals surface area contributed by atoms with Crippen LogP contribution in [0.1, 0.15) is 90.4 Å². The molecule has 1 nitrogen and oxygen atoms in total. The maximum atomic E-state index is 7.05. The molecule has 0 amide bonds. The number of nitrogens with two attached hydrogens (primary N) is 1. The average Bonchev–Trinajstić information content (AvgIpc) is 2.78. The quantitative estimate of drug-likeness (QED) is 0.228. The highest BCUT2D eigenvalue weighted by Gasteiger charge is 2.60. The lowest BCUT2D eigenvalue weighted by molar-refractivity contribution is -0.0630. The van der Waals surface area contributed by atoms with Gasteiger partial charge in [0.1, 0.15) is 0 Å². The van der Waals surface area contributed by atoms with E-state index in [0.29, 0.717) is 16.9 Å². The molecular formula is C25H40IN. The van der Waals surface area contributed by atoms with Gasteiger partial charge in [0, 0.05) is 9.97 Å². The maximum absolute atomic E-state index is 7.05. The zero-order valence-electron chi connectivity index (χ0n) is 17.4. The van der Waals surface area contributed by atoms with Crippen LogP contribution in [-0.4, -0.2) is 9.97 Å². The van der Waals surface area contributed by atoms with Crippen molar-refractivity contribution < 1.29 is 0 Å². The Hall–Kier alpha value is 0.430. The van der Waals surface area contributed by atoms with Crippen molar-refractivity contribution in [3.05, 3.63) is 12.2 Å². The minimum absolute atomic E-state index is 0.480. The van der Waals surface area contributed by atoms with Gasteiger partial charge in [0.15, 0.2) is 0 Å². The maximum Gasteiger partial charge on any atom is 0.0127 e. The number of rotatable bonds is 0. The third-order valence-corrected chi connectivity index (χ3v) is 11.6. The first-order valence-electron chi connectivity index (χ1n) is 12.0. The molecule has 0 radical (unpaired) electrons. The molecule has 152 valence electrons. The first kappa shape index (κ1) is 19.4. The summed E-state index contributed by atoms with van der Waals surface area (Å²) in [7, 11) is 0. The molecule has 5 aliphatic carbocycles. The lowest BCUT2D eigenvalue weighted by Gasteiger charge is -2.59. The highest BCUT2D eigenvalue weighted by atomic mass is 127. The summed E-state index contributed by atoms with van der Waals surface area (Å²) in [6.07, 6.45) is 18.6. The highest BCUT2D eigenvalue weighted by Crippen LogP contribution is 2.67. The van der Waals surface area contributed by atoms with Gasteiger partial charge in [0.2, 0.25) is 0 Å². The van der Waals surface area contributed by atoms with E-state index in [1.807, 2.05) is 0 Å². The van der Waals surface area contributed by atoms with E-state index in [-0.39, 0.29) is 0 Å². The monoisotopic (exact) mass is 481 g/mol. The minimum atomic E-state index is 0.480. The molecule has 0 aromatic carbocycles. The van der Waals surface area contributed by atoms with Crippen molar-refractivity contribution >= 4 is 22.6 Å². The van der Waals surface area contributed by atoms with Crippen LogP contribution in [0.15, 0.2) is 12.2 Å². The van der Waals surface area contributed by atoms with Crippen LogP contribution >= 0.6 is 22.6 Å². The molecule has 9 unspecified atom stereocenters. The van der Waals surface area contributed by atoms with Crippen molar-refractivity contribution in [3.8, 4) is 0 Å². The zero-order valence-corrected chi connectivity index (χ0v) is 19.6. The first-order valence-corrected chi connectivity index (χ1v) is 13.2. The molecule has 5 aliphatic rings. The second kappa shape index (κ2) is 7.00. The summed E-state index contributed by atoms with van der Waals surface area (Å²) in [5.74, 6) is 4.37. The largest absolute Gasteiger partial charge is 0.327 e. The summed E-state index contributed by atoms with van der Waals surface area (Å²) >= 11 is 2.72. The summed E-state index contributed by atoms with van der Waals surface area (Å²) < 4.78 is 0.871. The fourth-order valence-corrected chi connectivity index (χ4v) is 9.92. The lowest BCUT2D eigenvalue weighted by Crippen LogP contribution is -2.53. The van der Waals surface area contributed by atoms with Gasteiger partial charge in [-0.05, 0) is 98.2 Å². The van der Waals surface area contributed by atoms with Crippen molar-refractivity contribution in [2.75, 3.05) is 0 Å². The normalized spacial score (nSPS) is 55.5. The molecular weight excluding hydrogens is 441 g/mol. The Labute approximate surface area is 180 Å². The molecule has 0 bridgehead atoms. The number of hydrogen-bond donors (Lipinski definition) is 1. The van der Waals surface area contributed by atoms with E-state index in [0.717, 1.165) is 33.5 Å². The highest BCUT2D eigenvalue weighted by molar-refractivity contribution is 14.1. The summed E-state index contributed by atoms with van der Waals surface area (Å²) in [4.78, 5) is 0. The second-order valence-electron chi connectivity index (χ2n) is 11.5. The predicted octanol–water partition coefficient (Wildman–Crippen LogP) is 6.89. The molecule has 1 spiro atoms. The van der Waals surface area contributed by atoms with E-state index in [1.165, 1.54) is 83.5 Å². The van der Waals surface area contributed by atoms with E-state index >= 15 is 0 Å². The minimum Gasteiger partial charge on any atom is -0.327 e. The van der Waals surface area contributed by atoms with Crippen LogP contribution in [0.2, 0.25) is 0 Å². The van der Waals surface area contributed by atoms with Crippen LogP contribution in [0.4, 0.5) is 0 Å². The van der Waals surface area contributed by atoms with Crippen LogP contribution in [0.25, 0.3) is 0 Å². The van der Waals surface area contributed by atoms with Crippen molar-refractivity contribution in [1.82, 2.24) is 0 Å². The number of allylic oxidation sites excluding steroid dienone is 1. The van der Waals surface area contributed by atoms with Crippen LogP contribution in [-0.2, 0) is 0 Å². The van der Waals surface area contributed by atoms with E-state index in [2.05, 4.69) is 36.1 Å². The van der Waals surface area contributed by atoms with Crippen molar-refractivity contribution in [1.29, 1.82) is 0 Å². The Bertz CT molecular complexity index is 601. The molecule has 9 atom stereocenters. The first-order chi connectivity index (χ1) is 12.9. The summed E-state index contributed by atoms with van der Waals surface area (Å²) in [6.45, 7) is 7.36. The standard InChI is InChI=1S/C25H40IN/c1-16-12-18-15-25(14-17-6-3-4-8-20(17)23(25)27)11-10-24(18,2)22-9-5-7-19(26)13-21(16)22/h17-23H,1,3-15,27H2,2H3. The van der Waals surface area contributed by atoms with Gasteiger partial charge in [0.25, 0.3) is 0 Å². The number of hydrogen-bond acceptors (Lipinski definition) is 1. The van der Waals surface area contributed by atoms with Crippen molar-refractivity contribution in [2.45, 2.75) is 100 Å². The van der Waals surface area contributed by atoms with Gasteiger partial charge in [-0.3, -0.25) is 0 Å². The third-order valence-electron chi connectivity index (χ3n) is 10.5. The molecule has 0 heterocycles. The van der Waals surface area contributed by atoms with Crippen molar-refractivity contribution in [3.63, 3.8) is 0 Å². The number of alkyl halides is 1. The Balaban J connectivity index is 1.41. The molecule has 5 rings (SSSR count). The van der Waals surface area contributed by atoms with Gasteiger partial charge < -0.3 is 5.73 Å². The predicted molar refractivity (Wildman–Crippen MR) is 123 cm³/mol. The Morgan fingerprint density at radius 3 is 2.67 bits per heavy atom. The number of fused-ring (bicyclic) bond motifs is 4. The molecule has 5 saturated carbocycles. The van der Waals surface area contributed by atoms with E-state index in [1.54, 1.807) is 5.57 Å². The van der Waals surface area contributed by atoms with Crippen LogP contribution in [0.3, 0.4) is 0 Å². The molecule has 27 heavy (non-hydrogen) atoms. The topological polar surface area (TPSA) is 26.0 Å². The molecule has 2 N–H and O–H groups in total. The molecule has 0 aromatic heterocycles. The fraction of sp³-hybridized carbons (Fsp3) is 0.920. The zero-order chi connectivity index (χ0) is 18.8.